The third-order valence-electron chi connectivity index (χ3n) is 4.62. The third-order valence-corrected chi connectivity index (χ3v) is 4.86. The van der Waals surface area contributed by atoms with Gasteiger partial charge in [0.05, 0.1) is 0 Å². The van der Waals surface area contributed by atoms with Gasteiger partial charge in [-0.2, -0.15) is 0 Å². The van der Waals surface area contributed by atoms with Crippen LogP contribution in [0.3, 0.4) is 0 Å². The molecule has 0 saturated carbocycles. The standard InChI is InChI=1S/C18H27ClN2O/c1-13(2)14(3)20-18(22)16-7-9-21(10-8-16)12-15-5-4-6-17(19)11-15/h4-6,11,13-14,16H,7-10,12H2,1-3H3,(H,20,22). The Labute approximate surface area is 139 Å². The summed E-state index contributed by atoms with van der Waals surface area (Å²) in [5.74, 6) is 0.868. The number of rotatable bonds is 5. The first-order chi connectivity index (χ1) is 10.5. The van der Waals surface area contributed by atoms with E-state index in [-0.39, 0.29) is 17.9 Å². The van der Waals surface area contributed by atoms with Gasteiger partial charge in [-0.15, -0.1) is 0 Å². The first-order valence-corrected chi connectivity index (χ1v) is 8.60. The van der Waals surface area contributed by atoms with E-state index in [9.17, 15) is 4.79 Å². The molecule has 1 aliphatic rings. The fraction of sp³-hybridized carbons (Fsp3) is 0.611. The van der Waals surface area contributed by atoms with Crippen LogP contribution in [0.1, 0.15) is 39.2 Å². The van der Waals surface area contributed by atoms with Crippen molar-refractivity contribution in [3.05, 3.63) is 34.9 Å². The molecule has 0 aliphatic carbocycles. The average Bonchev–Trinajstić information content (AvgIpc) is 2.47. The zero-order valence-electron chi connectivity index (χ0n) is 13.8. The smallest absolute Gasteiger partial charge is 0.223 e. The Bertz CT molecular complexity index is 496. The first kappa shape index (κ1) is 17.3. The summed E-state index contributed by atoms with van der Waals surface area (Å²) < 4.78 is 0. The fourth-order valence-electron chi connectivity index (χ4n) is 2.76. The maximum absolute atomic E-state index is 12.3. The second-order valence-corrected chi connectivity index (χ2v) is 7.16. The molecule has 122 valence electrons. The van der Waals surface area contributed by atoms with Gasteiger partial charge in [0.2, 0.25) is 5.91 Å². The normalized spacial score (nSPS) is 18.4. The summed E-state index contributed by atoms with van der Waals surface area (Å²) in [7, 11) is 0. The van der Waals surface area contributed by atoms with E-state index in [0.717, 1.165) is 37.5 Å². The highest BCUT2D eigenvalue weighted by atomic mass is 35.5. The molecule has 0 spiro atoms. The maximum atomic E-state index is 12.3. The number of carbonyl (C=O) groups excluding carboxylic acids is 1. The number of carbonyl (C=O) groups is 1. The summed E-state index contributed by atoms with van der Waals surface area (Å²) in [6.07, 6.45) is 1.88. The van der Waals surface area contributed by atoms with Crippen LogP contribution in [0.5, 0.6) is 0 Å². The van der Waals surface area contributed by atoms with Crippen LogP contribution in [0.25, 0.3) is 0 Å². The number of nitrogens with one attached hydrogen (secondary N) is 1. The molecular formula is C18H27ClN2O. The molecule has 1 fully saturated rings. The summed E-state index contributed by atoms with van der Waals surface area (Å²) in [5.41, 5.74) is 1.24. The van der Waals surface area contributed by atoms with Gasteiger partial charge in [0.15, 0.2) is 0 Å². The largest absolute Gasteiger partial charge is 0.353 e. The number of likely N-dealkylation sites (tertiary alicyclic amines) is 1. The highest BCUT2D eigenvalue weighted by molar-refractivity contribution is 6.30. The number of hydrogen-bond acceptors (Lipinski definition) is 2. The summed E-state index contributed by atoms with van der Waals surface area (Å²) in [4.78, 5) is 14.7. The highest BCUT2D eigenvalue weighted by Gasteiger charge is 2.26. The Kier molecular flexibility index (Phi) is 6.27. The van der Waals surface area contributed by atoms with Gasteiger partial charge in [-0.25, -0.2) is 0 Å². The van der Waals surface area contributed by atoms with Gasteiger partial charge >= 0.3 is 0 Å². The van der Waals surface area contributed by atoms with E-state index < -0.39 is 0 Å². The van der Waals surface area contributed by atoms with Crippen molar-refractivity contribution in [2.45, 2.75) is 46.2 Å². The van der Waals surface area contributed by atoms with E-state index in [1.165, 1.54) is 5.56 Å². The SMILES string of the molecule is CC(C)C(C)NC(=O)C1CCN(Cc2cccc(Cl)c2)CC1. The zero-order chi connectivity index (χ0) is 16.1. The number of amides is 1. The second-order valence-electron chi connectivity index (χ2n) is 6.72. The van der Waals surface area contributed by atoms with Crippen molar-refractivity contribution in [2.75, 3.05) is 13.1 Å². The zero-order valence-corrected chi connectivity index (χ0v) is 14.6. The summed E-state index contributed by atoms with van der Waals surface area (Å²) in [5, 5.41) is 3.93. The van der Waals surface area contributed by atoms with E-state index in [0.29, 0.717) is 5.92 Å². The number of nitrogens with zero attached hydrogens (tertiary/aromatic N) is 1. The van der Waals surface area contributed by atoms with Crippen molar-refractivity contribution in [1.82, 2.24) is 10.2 Å². The molecule has 0 aromatic heterocycles. The summed E-state index contributed by atoms with van der Waals surface area (Å²) in [6.45, 7) is 9.21. The molecular weight excluding hydrogens is 296 g/mol. The molecule has 2 rings (SSSR count). The monoisotopic (exact) mass is 322 g/mol. The van der Waals surface area contributed by atoms with Gasteiger partial charge in [0.25, 0.3) is 0 Å². The Morgan fingerprint density at radius 2 is 2.00 bits per heavy atom. The Morgan fingerprint density at radius 1 is 1.32 bits per heavy atom. The third kappa shape index (κ3) is 4.99. The molecule has 1 unspecified atom stereocenters. The van der Waals surface area contributed by atoms with E-state index in [1.807, 2.05) is 18.2 Å². The van der Waals surface area contributed by atoms with E-state index in [1.54, 1.807) is 0 Å². The molecule has 1 aromatic rings. The predicted molar refractivity (Wildman–Crippen MR) is 91.9 cm³/mol. The Morgan fingerprint density at radius 3 is 2.59 bits per heavy atom. The van der Waals surface area contributed by atoms with E-state index in [2.05, 4.69) is 37.1 Å². The Balaban J connectivity index is 1.79. The van der Waals surface area contributed by atoms with Gasteiger partial charge < -0.3 is 5.32 Å². The fourth-order valence-corrected chi connectivity index (χ4v) is 2.97. The van der Waals surface area contributed by atoms with Crippen LogP contribution < -0.4 is 5.32 Å². The minimum Gasteiger partial charge on any atom is -0.353 e. The lowest BCUT2D eigenvalue weighted by Gasteiger charge is -2.32. The van der Waals surface area contributed by atoms with E-state index in [4.69, 9.17) is 11.6 Å². The van der Waals surface area contributed by atoms with Crippen molar-refractivity contribution in [3.63, 3.8) is 0 Å². The van der Waals surface area contributed by atoms with E-state index >= 15 is 0 Å². The highest BCUT2D eigenvalue weighted by Crippen LogP contribution is 2.20. The van der Waals surface area contributed by atoms with Crippen LogP contribution in [-0.2, 0) is 11.3 Å². The topological polar surface area (TPSA) is 32.3 Å². The van der Waals surface area contributed by atoms with Gasteiger partial charge in [0.1, 0.15) is 0 Å². The molecule has 1 aromatic carbocycles. The predicted octanol–water partition coefficient (Wildman–Crippen LogP) is 3.71. The molecule has 1 amide bonds. The molecule has 22 heavy (non-hydrogen) atoms. The van der Waals surface area contributed by atoms with Gasteiger partial charge in [-0.1, -0.05) is 37.6 Å². The number of benzene rings is 1. The van der Waals surface area contributed by atoms with Crippen LogP contribution in [0.15, 0.2) is 24.3 Å². The van der Waals surface area contributed by atoms with Crippen molar-refractivity contribution in [2.24, 2.45) is 11.8 Å². The number of hydrogen-bond donors (Lipinski definition) is 1. The molecule has 3 nitrogen and oxygen atoms in total. The van der Waals surface area contributed by atoms with Gasteiger partial charge in [-0.3, -0.25) is 9.69 Å². The lowest BCUT2D eigenvalue weighted by atomic mass is 9.94. The Hall–Kier alpha value is -1.06. The number of piperidine rings is 1. The molecule has 1 heterocycles. The molecule has 1 N–H and O–H groups in total. The van der Waals surface area contributed by atoms with Crippen LogP contribution in [-0.4, -0.2) is 29.9 Å². The minimum absolute atomic E-state index is 0.164. The van der Waals surface area contributed by atoms with Crippen molar-refractivity contribution >= 4 is 17.5 Å². The van der Waals surface area contributed by atoms with Crippen LogP contribution in [0, 0.1) is 11.8 Å². The van der Waals surface area contributed by atoms with Gasteiger partial charge in [-0.05, 0) is 56.5 Å². The van der Waals surface area contributed by atoms with Gasteiger partial charge in [0, 0.05) is 23.5 Å². The lowest BCUT2D eigenvalue weighted by Crippen LogP contribution is -2.44. The van der Waals surface area contributed by atoms with Crippen molar-refractivity contribution < 1.29 is 4.79 Å². The summed E-state index contributed by atoms with van der Waals surface area (Å²) >= 11 is 6.03. The molecule has 0 radical (unpaired) electrons. The lowest BCUT2D eigenvalue weighted by molar-refractivity contribution is -0.127. The molecule has 1 saturated heterocycles. The molecule has 0 bridgehead atoms. The maximum Gasteiger partial charge on any atom is 0.223 e. The van der Waals surface area contributed by atoms with Crippen LogP contribution in [0.2, 0.25) is 5.02 Å². The first-order valence-electron chi connectivity index (χ1n) is 8.23. The van der Waals surface area contributed by atoms with Crippen LogP contribution >= 0.6 is 11.6 Å². The second kappa shape index (κ2) is 7.98. The average molecular weight is 323 g/mol. The molecule has 4 heteroatoms. The molecule has 1 atom stereocenters. The van der Waals surface area contributed by atoms with Crippen LogP contribution in [0.4, 0.5) is 0 Å². The quantitative estimate of drug-likeness (QED) is 0.896. The number of halogens is 1. The molecule has 1 aliphatic heterocycles. The minimum atomic E-state index is 0.164. The summed E-state index contributed by atoms with van der Waals surface area (Å²) in [6, 6.07) is 8.26. The van der Waals surface area contributed by atoms with Crippen molar-refractivity contribution in [1.29, 1.82) is 0 Å². The van der Waals surface area contributed by atoms with Crippen molar-refractivity contribution in [3.8, 4) is 0 Å².